The van der Waals surface area contributed by atoms with Crippen molar-refractivity contribution in [3.05, 3.63) is 70.8 Å². The van der Waals surface area contributed by atoms with Gasteiger partial charge in [0.15, 0.2) is 5.69 Å². The number of benzene rings is 1. The van der Waals surface area contributed by atoms with Crippen LogP contribution in [0, 0.1) is 6.92 Å². The van der Waals surface area contributed by atoms with E-state index in [-0.39, 0.29) is 26.8 Å². The average molecular weight is 372 g/mol. The summed E-state index contributed by atoms with van der Waals surface area (Å²) in [6.45, 7) is 2.56. The summed E-state index contributed by atoms with van der Waals surface area (Å²) in [5.74, 6) is -1.66. The molecule has 3 rings (SSSR count). The van der Waals surface area contributed by atoms with Gasteiger partial charge < -0.3 is 6.53 Å². The molecule has 0 saturated carbocycles. The summed E-state index contributed by atoms with van der Waals surface area (Å²) in [7, 11) is 0. The molecule has 0 aliphatic rings. The molecule has 0 radical (unpaired) electrons. The number of aromatic carboxylic acids is 1. The van der Waals surface area contributed by atoms with E-state index in [1.807, 2.05) is 25.3 Å². The maximum absolute atomic E-state index is 12.9. The van der Waals surface area contributed by atoms with Crippen LogP contribution in [0.2, 0.25) is 0 Å². The van der Waals surface area contributed by atoms with Gasteiger partial charge in [-0.15, -0.1) is 0 Å². The standard InChI is InChI=1S/C17H15F3N4O2.Li.H/c1-11-6-21-23(7-11)8-12-2-4-13(5-3-12)9-24-10-14(16(25)26)15(22-24)17(18,19)20;;/h2-7,10H,8-9H2,1H3,(H,25,26);;/q;+1;-1. The fourth-order valence-corrected chi connectivity index (χ4v) is 2.55. The minimum atomic E-state index is -4.81. The quantitative estimate of drug-likeness (QED) is 0.655. The molecule has 2 aromatic heterocycles. The predicted octanol–water partition coefficient (Wildman–Crippen LogP) is 0.318. The normalized spacial score (nSPS) is 11.3. The predicted molar refractivity (Wildman–Crippen MR) is 86.9 cm³/mol. The maximum atomic E-state index is 12.9. The molecule has 0 bridgehead atoms. The van der Waals surface area contributed by atoms with Crippen LogP contribution in [-0.4, -0.2) is 30.6 Å². The van der Waals surface area contributed by atoms with Gasteiger partial charge in [-0.25, -0.2) is 4.79 Å². The van der Waals surface area contributed by atoms with Crippen molar-refractivity contribution in [1.82, 2.24) is 19.6 Å². The molecule has 138 valence electrons. The van der Waals surface area contributed by atoms with Gasteiger partial charge in [-0.2, -0.15) is 23.4 Å². The third-order valence-corrected chi connectivity index (χ3v) is 3.74. The molecule has 0 aliphatic heterocycles. The van der Waals surface area contributed by atoms with Gasteiger partial charge in [-0.05, 0) is 23.6 Å². The zero-order valence-electron chi connectivity index (χ0n) is 15.7. The van der Waals surface area contributed by atoms with Gasteiger partial charge in [0, 0.05) is 12.4 Å². The first kappa shape index (κ1) is 20.8. The number of carbonyl (C=O) groups is 1. The van der Waals surface area contributed by atoms with E-state index in [0.29, 0.717) is 12.1 Å². The number of alkyl halides is 3. The third-order valence-electron chi connectivity index (χ3n) is 3.74. The summed E-state index contributed by atoms with van der Waals surface area (Å²) in [6.07, 6.45) is -0.260. The minimum Gasteiger partial charge on any atom is -1.00 e. The van der Waals surface area contributed by atoms with Crippen LogP contribution in [0.5, 0.6) is 0 Å². The van der Waals surface area contributed by atoms with Gasteiger partial charge in [0.25, 0.3) is 0 Å². The second kappa shape index (κ2) is 8.02. The van der Waals surface area contributed by atoms with Crippen molar-refractivity contribution in [2.24, 2.45) is 0 Å². The number of rotatable bonds is 5. The SMILES string of the molecule is Cc1cnn(Cc2ccc(Cn3cc(C(=O)O)c(C(F)(F)F)n3)cc2)c1.[H-].[Li+]. The van der Waals surface area contributed by atoms with Gasteiger partial charge >= 0.3 is 31.0 Å². The van der Waals surface area contributed by atoms with Crippen LogP contribution in [0.15, 0.2) is 42.9 Å². The number of halogens is 3. The summed E-state index contributed by atoms with van der Waals surface area (Å²) < 4.78 is 41.4. The van der Waals surface area contributed by atoms with Crippen LogP contribution in [0.25, 0.3) is 0 Å². The average Bonchev–Trinajstić information content (AvgIpc) is 3.15. The second-order valence-electron chi connectivity index (χ2n) is 5.92. The smallest absolute Gasteiger partial charge is 1.00 e. The molecule has 6 nitrogen and oxygen atoms in total. The van der Waals surface area contributed by atoms with Crippen LogP contribution in [-0.2, 0) is 19.3 Å². The Hall–Kier alpha value is -2.50. The molecule has 27 heavy (non-hydrogen) atoms. The fraction of sp³-hybridized carbons (Fsp3) is 0.235. The molecule has 0 saturated heterocycles. The van der Waals surface area contributed by atoms with Gasteiger partial charge in [-0.3, -0.25) is 9.36 Å². The van der Waals surface area contributed by atoms with E-state index in [9.17, 15) is 18.0 Å². The van der Waals surface area contributed by atoms with Crippen LogP contribution in [0.1, 0.15) is 34.2 Å². The number of aryl methyl sites for hydroxylation is 1. The number of hydrogen-bond donors (Lipinski definition) is 1. The van der Waals surface area contributed by atoms with Crippen molar-refractivity contribution in [3.63, 3.8) is 0 Å². The molecule has 0 unspecified atom stereocenters. The molecule has 1 aromatic carbocycles. The van der Waals surface area contributed by atoms with Gasteiger partial charge in [0.1, 0.15) is 5.56 Å². The monoisotopic (exact) mass is 372 g/mol. The summed E-state index contributed by atoms with van der Waals surface area (Å²) in [4.78, 5) is 11.0. The Labute approximate surface area is 166 Å². The van der Waals surface area contributed by atoms with Gasteiger partial charge in [0.2, 0.25) is 0 Å². The first-order valence-corrected chi connectivity index (χ1v) is 7.67. The number of aromatic nitrogens is 4. The number of carboxylic acid groups (broad SMARTS) is 1. The van der Waals surface area contributed by atoms with E-state index in [0.717, 1.165) is 22.0 Å². The molecule has 1 N–H and O–H groups in total. The number of hydrogen-bond acceptors (Lipinski definition) is 3. The van der Waals surface area contributed by atoms with Gasteiger partial charge in [0.05, 0.1) is 19.3 Å². The summed E-state index contributed by atoms with van der Waals surface area (Å²) in [5, 5.41) is 16.5. The zero-order valence-corrected chi connectivity index (χ0v) is 14.7. The van der Waals surface area contributed by atoms with Crippen molar-refractivity contribution < 1.29 is 43.4 Å². The Kier molecular flexibility index (Phi) is 6.18. The van der Waals surface area contributed by atoms with Crippen LogP contribution in [0.4, 0.5) is 13.2 Å². The maximum Gasteiger partial charge on any atom is 1.00 e. The second-order valence-corrected chi connectivity index (χ2v) is 5.92. The topological polar surface area (TPSA) is 72.9 Å². The molecule has 0 fully saturated rings. The first-order valence-electron chi connectivity index (χ1n) is 7.67. The number of nitrogens with zero attached hydrogens (tertiary/aromatic N) is 4. The van der Waals surface area contributed by atoms with Gasteiger partial charge in [-0.1, -0.05) is 24.3 Å². The number of carboxylic acids is 1. The van der Waals surface area contributed by atoms with Crippen LogP contribution >= 0.6 is 0 Å². The molecule has 0 atom stereocenters. The summed E-state index contributed by atoms with van der Waals surface area (Å²) in [5.41, 5.74) is 0.493. The molecule has 0 aliphatic carbocycles. The fourth-order valence-electron chi connectivity index (χ4n) is 2.55. The Morgan fingerprint density at radius 3 is 2.07 bits per heavy atom. The van der Waals surface area contributed by atoms with E-state index in [1.54, 1.807) is 23.0 Å². The van der Waals surface area contributed by atoms with Crippen molar-refractivity contribution in [2.75, 3.05) is 0 Å². The van der Waals surface area contributed by atoms with E-state index < -0.39 is 23.4 Å². The molecule has 10 heteroatoms. The molecule has 2 heterocycles. The summed E-state index contributed by atoms with van der Waals surface area (Å²) >= 11 is 0. The molecule has 3 aromatic rings. The first-order chi connectivity index (χ1) is 12.2. The van der Waals surface area contributed by atoms with Crippen LogP contribution < -0.4 is 18.9 Å². The Morgan fingerprint density at radius 2 is 1.67 bits per heavy atom. The Bertz CT molecular complexity index is 939. The molecule has 0 spiro atoms. The van der Waals surface area contributed by atoms with E-state index in [1.165, 1.54) is 0 Å². The Morgan fingerprint density at radius 1 is 1.11 bits per heavy atom. The van der Waals surface area contributed by atoms with Crippen molar-refractivity contribution in [1.29, 1.82) is 0 Å². The van der Waals surface area contributed by atoms with E-state index in [4.69, 9.17) is 5.11 Å². The van der Waals surface area contributed by atoms with E-state index in [2.05, 4.69) is 10.2 Å². The molecular formula is C17H16F3LiN4O2. The largest absolute Gasteiger partial charge is 1.00 e. The Balaban J connectivity index is 0.00000196. The third kappa shape index (κ3) is 5.02. The van der Waals surface area contributed by atoms with E-state index >= 15 is 0 Å². The zero-order chi connectivity index (χ0) is 18.9. The van der Waals surface area contributed by atoms with Crippen molar-refractivity contribution in [2.45, 2.75) is 26.2 Å². The minimum absolute atomic E-state index is 0. The summed E-state index contributed by atoms with van der Waals surface area (Å²) in [6, 6.07) is 7.22. The molecular weight excluding hydrogens is 356 g/mol. The van der Waals surface area contributed by atoms with Crippen molar-refractivity contribution in [3.8, 4) is 0 Å². The van der Waals surface area contributed by atoms with Crippen LogP contribution in [0.3, 0.4) is 0 Å². The van der Waals surface area contributed by atoms with Crippen molar-refractivity contribution >= 4 is 5.97 Å². The molecule has 0 amide bonds.